The van der Waals surface area contributed by atoms with Crippen LogP contribution in [-0.2, 0) is 16.1 Å². The molecule has 1 aromatic carbocycles. The van der Waals surface area contributed by atoms with Gasteiger partial charge in [0.1, 0.15) is 12.1 Å². The molecule has 0 radical (unpaired) electrons. The number of piperazine rings is 1. The molecule has 2 fully saturated rings. The lowest BCUT2D eigenvalue weighted by molar-refractivity contribution is -0.166. The summed E-state index contributed by atoms with van der Waals surface area (Å²) in [6, 6.07) is 6.94. The molecule has 1 aromatic rings. The highest BCUT2D eigenvalue weighted by Crippen LogP contribution is 2.35. The Morgan fingerprint density at radius 1 is 1.26 bits per heavy atom. The monoisotopic (exact) mass is 392 g/mol. The molecule has 1 atom stereocenters. The number of rotatable bonds is 3. The minimum absolute atomic E-state index is 0.0613. The lowest BCUT2D eigenvalue weighted by atomic mass is 9.89. The molecule has 2 heterocycles. The van der Waals surface area contributed by atoms with Gasteiger partial charge in [-0.1, -0.05) is 23.7 Å². The summed E-state index contributed by atoms with van der Waals surface area (Å²) in [5, 5.41) is 3.22. The molecule has 4 amide bonds. The largest absolute Gasteiger partial charge is 0.341 e. The van der Waals surface area contributed by atoms with Crippen molar-refractivity contribution < 1.29 is 14.4 Å². The maximum Gasteiger partial charge on any atom is 0.317 e. The minimum Gasteiger partial charge on any atom is -0.341 e. The second-order valence-electron chi connectivity index (χ2n) is 7.39. The number of amides is 4. The Bertz CT molecular complexity index is 752. The molecule has 27 heavy (non-hydrogen) atoms. The summed E-state index contributed by atoms with van der Waals surface area (Å²) in [4.78, 5) is 43.4. The number of hydrogen-bond acceptors (Lipinski definition) is 3. The summed E-state index contributed by atoms with van der Waals surface area (Å²) in [7, 11) is 1.56. The second-order valence-corrected chi connectivity index (χ2v) is 7.83. The third-order valence-corrected chi connectivity index (χ3v) is 5.66. The maximum absolute atomic E-state index is 13.4. The zero-order chi connectivity index (χ0) is 19.8. The third kappa shape index (κ3) is 3.48. The van der Waals surface area contributed by atoms with E-state index in [2.05, 4.69) is 5.32 Å². The van der Waals surface area contributed by atoms with Crippen molar-refractivity contribution in [1.82, 2.24) is 20.0 Å². The van der Waals surface area contributed by atoms with Gasteiger partial charge in [0.05, 0.1) is 6.54 Å². The van der Waals surface area contributed by atoms with Crippen molar-refractivity contribution >= 4 is 29.4 Å². The van der Waals surface area contributed by atoms with Crippen molar-refractivity contribution in [3.8, 4) is 0 Å². The fourth-order valence-electron chi connectivity index (χ4n) is 3.87. The van der Waals surface area contributed by atoms with Crippen LogP contribution in [0, 0.1) is 0 Å². The number of nitrogens with one attached hydrogen (secondary N) is 1. The molecule has 0 bridgehead atoms. The molecule has 146 valence electrons. The quantitative estimate of drug-likeness (QED) is 0.851. The van der Waals surface area contributed by atoms with Crippen LogP contribution in [0.4, 0.5) is 4.79 Å². The van der Waals surface area contributed by atoms with E-state index in [1.54, 1.807) is 33.9 Å². The number of likely N-dealkylation sites (tertiary alicyclic amines) is 1. The summed E-state index contributed by atoms with van der Waals surface area (Å²) in [6.07, 6.45) is 0.432. The predicted octanol–water partition coefficient (Wildman–Crippen LogP) is 1.70. The standard InChI is InChI=1S/C19H25ClN4O3/c1-13(2)23-11-16(25)24(10-14-4-6-15(20)7-5-14)19(17(23)26)8-9-22(12-19)18(27)21-3/h4-7,13H,8-12H2,1-3H3,(H,21,27)/t19-/m0/s1. The molecule has 1 spiro atoms. The Kier molecular flexibility index (Phi) is 5.33. The van der Waals surface area contributed by atoms with Gasteiger partial charge in [-0.15, -0.1) is 0 Å². The van der Waals surface area contributed by atoms with E-state index < -0.39 is 5.54 Å². The first-order valence-corrected chi connectivity index (χ1v) is 9.49. The van der Waals surface area contributed by atoms with Crippen LogP contribution in [0.15, 0.2) is 24.3 Å². The van der Waals surface area contributed by atoms with Crippen LogP contribution in [0.25, 0.3) is 0 Å². The molecule has 0 aromatic heterocycles. The van der Waals surface area contributed by atoms with Crippen molar-refractivity contribution in [3.63, 3.8) is 0 Å². The second kappa shape index (κ2) is 7.38. The van der Waals surface area contributed by atoms with Gasteiger partial charge in [0, 0.05) is 31.2 Å². The summed E-state index contributed by atoms with van der Waals surface area (Å²) in [5.74, 6) is -0.186. The molecule has 3 rings (SSSR count). The zero-order valence-electron chi connectivity index (χ0n) is 15.9. The van der Waals surface area contributed by atoms with Crippen LogP contribution in [0.1, 0.15) is 25.8 Å². The minimum atomic E-state index is -1.02. The van der Waals surface area contributed by atoms with E-state index in [0.717, 1.165) is 5.56 Å². The highest BCUT2D eigenvalue weighted by Gasteiger charge is 2.56. The number of halogens is 1. The van der Waals surface area contributed by atoms with Crippen molar-refractivity contribution in [1.29, 1.82) is 0 Å². The van der Waals surface area contributed by atoms with Crippen molar-refractivity contribution in [3.05, 3.63) is 34.9 Å². The molecule has 0 unspecified atom stereocenters. The summed E-state index contributed by atoms with van der Waals surface area (Å²) in [6.45, 7) is 4.81. The molecule has 2 aliphatic rings. The van der Waals surface area contributed by atoms with Crippen LogP contribution in [0.5, 0.6) is 0 Å². The first-order chi connectivity index (χ1) is 12.8. The molecule has 1 N–H and O–H groups in total. The summed E-state index contributed by atoms with van der Waals surface area (Å²) < 4.78 is 0. The van der Waals surface area contributed by atoms with Gasteiger partial charge in [0.15, 0.2) is 0 Å². The van der Waals surface area contributed by atoms with Crippen molar-refractivity contribution in [2.75, 3.05) is 26.7 Å². The highest BCUT2D eigenvalue weighted by molar-refractivity contribution is 6.30. The molecular formula is C19H25ClN4O3. The molecule has 2 aliphatic heterocycles. The van der Waals surface area contributed by atoms with Gasteiger partial charge in [-0.25, -0.2) is 4.79 Å². The van der Waals surface area contributed by atoms with Crippen LogP contribution >= 0.6 is 11.6 Å². The molecular weight excluding hydrogens is 368 g/mol. The first-order valence-electron chi connectivity index (χ1n) is 9.11. The normalized spacial score (nSPS) is 22.9. The predicted molar refractivity (Wildman–Crippen MR) is 102 cm³/mol. The topological polar surface area (TPSA) is 73.0 Å². The van der Waals surface area contributed by atoms with Crippen LogP contribution < -0.4 is 5.32 Å². The first kappa shape index (κ1) is 19.5. The Hall–Kier alpha value is -2.28. The molecule has 7 nitrogen and oxygen atoms in total. The van der Waals surface area contributed by atoms with Gasteiger partial charge in [-0.05, 0) is 38.0 Å². The van der Waals surface area contributed by atoms with E-state index in [4.69, 9.17) is 11.6 Å². The highest BCUT2D eigenvalue weighted by atomic mass is 35.5. The van der Waals surface area contributed by atoms with Crippen LogP contribution in [-0.4, -0.2) is 70.8 Å². The number of urea groups is 1. The van der Waals surface area contributed by atoms with E-state index in [1.807, 2.05) is 26.0 Å². The van der Waals surface area contributed by atoms with Crippen LogP contribution in [0.3, 0.4) is 0 Å². The van der Waals surface area contributed by atoms with Gasteiger partial charge < -0.3 is 20.0 Å². The average Bonchev–Trinajstić information content (AvgIpc) is 3.09. The van der Waals surface area contributed by atoms with Crippen molar-refractivity contribution in [2.24, 2.45) is 0 Å². The Morgan fingerprint density at radius 2 is 1.93 bits per heavy atom. The van der Waals surface area contributed by atoms with Gasteiger partial charge in [-0.2, -0.15) is 0 Å². The number of hydrogen-bond donors (Lipinski definition) is 1. The SMILES string of the molecule is CNC(=O)N1CC[C@]2(C1)C(=O)N(C(C)C)CC(=O)N2Cc1ccc(Cl)cc1. The Balaban J connectivity index is 1.96. The molecule has 8 heteroatoms. The van der Waals surface area contributed by atoms with E-state index in [-0.39, 0.29) is 37.0 Å². The number of carbonyl (C=O) groups excluding carboxylic acids is 3. The van der Waals surface area contributed by atoms with E-state index in [9.17, 15) is 14.4 Å². The van der Waals surface area contributed by atoms with Crippen molar-refractivity contribution in [2.45, 2.75) is 38.4 Å². The van der Waals surface area contributed by atoms with Gasteiger partial charge in [0.25, 0.3) is 5.91 Å². The summed E-state index contributed by atoms with van der Waals surface area (Å²) >= 11 is 5.96. The maximum atomic E-state index is 13.4. The van der Waals surface area contributed by atoms with Gasteiger partial charge in [-0.3, -0.25) is 9.59 Å². The zero-order valence-corrected chi connectivity index (χ0v) is 16.6. The lowest BCUT2D eigenvalue weighted by Crippen LogP contribution is -2.70. The number of carbonyl (C=O) groups is 3. The van der Waals surface area contributed by atoms with Gasteiger partial charge in [0.2, 0.25) is 5.91 Å². The number of benzene rings is 1. The Labute approximate surface area is 164 Å². The fraction of sp³-hybridized carbons (Fsp3) is 0.526. The van der Waals surface area contributed by atoms with E-state index >= 15 is 0 Å². The molecule has 2 saturated heterocycles. The molecule has 0 aliphatic carbocycles. The lowest BCUT2D eigenvalue weighted by Gasteiger charge is -2.48. The fourth-order valence-corrected chi connectivity index (χ4v) is 4.00. The summed E-state index contributed by atoms with van der Waals surface area (Å²) in [5.41, 5.74) is -0.123. The third-order valence-electron chi connectivity index (χ3n) is 5.41. The van der Waals surface area contributed by atoms with Gasteiger partial charge >= 0.3 is 6.03 Å². The number of nitrogens with zero attached hydrogens (tertiary/aromatic N) is 3. The average molecular weight is 393 g/mol. The Morgan fingerprint density at radius 3 is 2.52 bits per heavy atom. The smallest absolute Gasteiger partial charge is 0.317 e. The molecule has 0 saturated carbocycles. The van der Waals surface area contributed by atoms with Crippen LogP contribution in [0.2, 0.25) is 5.02 Å². The van der Waals surface area contributed by atoms with E-state index in [1.165, 1.54) is 0 Å². The van der Waals surface area contributed by atoms with E-state index in [0.29, 0.717) is 24.5 Å².